The fourth-order valence-electron chi connectivity index (χ4n) is 4.24. The number of rotatable bonds is 6. The van der Waals surface area contributed by atoms with Gasteiger partial charge in [0.05, 0.1) is 6.07 Å². The molecule has 22 heavy (non-hydrogen) atoms. The van der Waals surface area contributed by atoms with Gasteiger partial charge in [-0.3, -0.25) is 0 Å². The van der Waals surface area contributed by atoms with E-state index in [0.29, 0.717) is 0 Å². The van der Waals surface area contributed by atoms with Gasteiger partial charge in [0.1, 0.15) is 0 Å². The van der Waals surface area contributed by atoms with E-state index in [-0.39, 0.29) is 0 Å². The summed E-state index contributed by atoms with van der Waals surface area (Å²) in [5.41, 5.74) is 0. The van der Waals surface area contributed by atoms with Crippen LogP contribution in [0.15, 0.2) is 24.3 Å². The Bertz CT molecular complexity index is 385. The quantitative estimate of drug-likeness (QED) is 0.410. The Labute approximate surface area is 137 Å². The monoisotopic (exact) mass is 299 g/mol. The second-order valence-electron chi connectivity index (χ2n) is 7.46. The lowest BCUT2D eigenvalue weighted by atomic mass is 9.78. The standard InChI is InChI=1S/C21H33N/c1-2-18-7-9-20(10-8-18)15-16-21-13-11-19(12-14-21)6-4-3-5-17-22/h3,5,15-16,18-21H,2,4,6-14H2,1H3/t18-,19-,20-,21-. The van der Waals surface area contributed by atoms with Crippen LogP contribution in [0.2, 0.25) is 0 Å². The van der Waals surface area contributed by atoms with E-state index in [1.165, 1.54) is 64.2 Å². The van der Waals surface area contributed by atoms with Gasteiger partial charge in [-0.25, -0.2) is 0 Å². The van der Waals surface area contributed by atoms with Gasteiger partial charge >= 0.3 is 0 Å². The molecule has 122 valence electrons. The first kappa shape index (κ1) is 17.3. The van der Waals surface area contributed by atoms with Gasteiger partial charge in [-0.2, -0.15) is 5.26 Å². The normalized spacial score (nSPS) is 33.3. The van der Waals surface area contributed by atoms with Crippen LogP contribution in [0.1, 0.15) is 77.6 Å². The molecule has 0 aliphatic heterocycles. The number of hydrogen-bond acceptors (Lipinski definition) is 1. The Morgan fingerprint density at radius 3 is 1.91 bits per heavy atom. The van der Waals surface area contributed by atoms with Crippen LogP contribution in [-0.4, -0.2) is 0 Å². The Hall–Kier alpha value is -1.03. The number of allylic oxidation sites excluding steroid dienone is 4. The van der Waals surface area contributed by atoms with Gasteiger partial charge in [0.15, 0.2) is 0 Å². The van der Waals surface area contributed by atoms with Crippen LogP contribution >= 0.6 is 0 Å². The number of nitriles is 1. The van der Waals surface area contributed by atoms with Gasteiger partial charge in [-0.1, -0.05) is 31.6 Å². The molecule has 2 rings (SSSR count). The third-order valence-corrected chi connectivity index (χ3v) is 5.95. The Morgan fingerprint density at radius 2 is 1.41 bits per heavy atom. The van der Waals surface area contributed by atoms with Crippen LogP contribution in [0.25, 0.3) is 0 Å². The molecule has 0 aromatic carbocycles. The Kier molecular flexibility index (Phi) is 7.78. The van der Waals surface area contributed by atoms with Crippen molar-refractivity contribution in [2.24, 2.45) is 23.7 Å². The highest BCUT2D eigenvalue weighted by molar-refractivity contribution is 5.01. The van der Waals surface area contributed by atoms with Crippen LogP contribution < -0.4 is 0 Å². The smallest absolute Gasteiger partial charge is 0.0908 e. The average molecular weight is 300 g/mol. The molecule has 0 heterocycles. The molecule has 2 fully saturated rings. The lowest BCUT2D eigenvalue weighted by Gasteiger charge is -2.28. The minimum atomic E-state index is 0.842. The second kappa shape index (κ2) is 9.88. The highest BCUT2D eigenvalue weighted by Crippen LogP contribution is 2.35. The Balaban J connectivity index is 1.62. The molecule has 0 N–H and O–H groups in total. The van der Waals surface area contributed by atoms with Gasteiger partial charge < -0.3 is 0 Å². The first-order chi connectivity index (χ1) is 10.8. The molecule has 0 spiro atoms. The maximum absolute atomic E-state index is 8.49. The van der Waals surface area contributed by atoms with Crippen LogP contribution in [0.4, 0.5) is 0 Å². The average Bonchev–Trinajstić information content (AvgIpc) is 2.58. The predicted molar refractivity (Wildman–Crippen MR) is 94.3 cm³/mol. The topological polar surface area (TPSA) is 23.8 Å². The van der Waals surface area contributed by atoms with Gasteiger partial charge in [0.25, 0.3) is 0 Å². The van der Waals surface area contributed by atoms with Crippen LogP contribution in [0, 0.1) is 35.0 Å². The van der Waals surface area contributed by atoms with E-state index in [2.05, 4.69) is 25.1 Å². The lowest BCUT2D eigenvalue weighted by Crippen LogP contribution is -2.14. The van der Waals surface area contributed by atoms with Crippen molar-refractivity contribution in [2.75, 3.05) is 0 Å². The molecule has 2 aliphatic carbocycles. The summed E-state index contributed by atoms with van der Waals surface area (Å²) in [4.78, 5) is 0. The molecule has 0 unspecified atom stereocenters. The fraction of sp³-hybridized carbons (Fsp3) is 0.762. The molecule has 0 aromatic rings. The molecule has 0 radical (unpaired) electrons. The summed E-state index contributed by atoms with van der Waals surface area (Å²) in [5, 5.41) is 8.49. The zero-order valence-electron chi connectivity index (χ0n) is 14.3. The van der Waals surface area contributed by atoms with Crippen molar-refractivity contribution < 1.29 is 0 Å². The highest BCUT2D eigenvalue weighted by atomic mass is 14.3. The van der Waals surface area contributed by atoms with Gasteiger partial charge in [0.2, 0.25) is 0 Å². The molecule has 1 heteroatoms. The van der Waals surface area contributed by atoms with E-state index in [1.807, 2.05) is 6.08 Å². The molecule has 0 amide bonds. The maximum Gasteiger partial charge on any atom is 0.0908 e. The molecule has 0 bridgehead atoms. The number of nitrogens with zero attached hydrogens (tertiary/aromatic N) is 1. The summed E-state index contributed by atoms with van der Waals surface area (Å²) in [6.07, 6.45) is 23.8. The van der Waals surface area contributed by atoms with E-state index in [9.17, 15) is 0 Å². The Morgan fingerprint density at radius 1 is 0.864 bits per heavy atom. The largest absolute Gasteiger partial charge is 0.193 e. The minimum absolute atomic E-state index is 0.842. The van der Waals surface area contributed by atoms with Crippen molar-refractivity contribution in [3.63, 3.8) is 0 Å². The lowest BCUT2D eigenvalue weighted by molar-refractivity contribution is 0.290. The fourth-order valence-corrected chi connectivity index (χ4v) is 4.24. The van der Waals surface area contributed by atoms with Crippen LogP contribution in [0.3, 0.4) is 0 Å². The van der Waals surface area contributed by atoms with E-state index in [4.69, 9.17) is 5.26 Å². The van der Waals surface area contributed by atoms with E-state index in [1.54, 1.807) is 6.08 Å². The van der Waals surface area contributed by atoms with Crippen molar-refractivity contribution in [2.45, 2.75) is 77.6 Å². The van der Waals surface area contributed by atoms with Crippen molar-refractivity contribution in [3.05, 3.63) is 24.3 Å². The van der Waals surface area contributed by atoms with Gasteiger partial charge in [0, 0.05) is 6.08 Å². The molecule has 2 aliphatic rings. The summed E-state index contributed by atoms with van der Waals surface area (Å²) < 4.78 is 0. The maximum atomic E-state index is 8.49. The van der Waals surface area contributed by atoms with Crippen LogP contribution in [0.5, 0.6) is 0 Å². The first-order valence-corrected chi connectivity index (χ1v) is 9.54. The molecular formula is C21H33N. The third-order valence-electron chi connectivity index (χ3n) is 5.95. The van der Waals surface area contributed by atoms with E-state index >= 15 is 0 Å². The molecular weight excluding hydrogens is 266 g/mol. The predicted octanol–water partition coefficient (Wildman–Crippen LogP) is 6.43. The zero-order chi connectivity index (χ0) is 15.6. The van der Waals surface area contributed by atoms with Crippen molar-refractivity contribution in [1.29, 1.82) is 5.26 Å². The zero-order valence-corrected chi connectivity index (χ0v) is 14.3. The SMILES string of the molecule is CC[C@H]1CC[C@H](C=C[C@H]2CC[C@H](CCC=CC#N)CC2)CC1. The molecule has 2 saturated carbocycles. The summed E-state index contributed by atoms with van der Waals surface area (Å²) in [5.74, 6) is 3.62. The van der Waals surface area contributed by atoms with Crippen molar-refractivity contribution in [1.82, 2.24) is 0 Å². The van der Waals surface area contributed by atoms with Crippen LogP contribution in [-0.2, 0) is 0 Å². The molecule has 0 aromatic heterocycles. The summed E-state index contributed by atoms with van der Waals surface area (Å²) in [6, 6.07) is 2.08. The molecule has 0 saturated heterocycles. The van der Waals surface area contributed by atoms with Crippen molar-refractivity contribution >= 4 is 0 Å². The van der Waals surface area contributed by atoms with E-state index < -0.39 is 0 Å². The van der Waals surface area contributed by atoms with Gasteiger partial charge in [-0.05, 0) is 87.9 Å². The second-order valence-corrected chi connectivity index (χ2v) is 7.46. The summed E-state index contributed by atoms with van der Waals surface area (Å²) >= 11 is 0. The van der Waals surface area contributed by atoms with Crippen molar-refractivity contribution in [3.8, 4) is 6.07 Å². The summed E-state index contributed by atoms with van der Waals surface area (Å²) in [7, 11) is 0. The third kappa shape index (κ3) is 5.99. The van der Waals surface area contributed by atoms with Gasteiger partial charge in [-0.15, -0.1) is 0 Å². The highest BCUT2D eigenvalue weighted by Gasteiger charge is 2.21. The summed E-state index contributed by atoms with van der Waals surface area (Å²) in [6.45, 7) is 2.34. The first-order valence-electron chi connectivity index (χ1n) is 9.54. The minimum Gasteiger partial charge on any atom is -0.193 e. The van der Waals surface area contributed by atoms with E-state index in [0.717, 1.165) is 30.1 Å². The molecule has 1 nitrogen and oxygen atoms in total. The molecule has 0 atom stereocenters. The number of hydrogen-bond donors (Lipinski definition) is 0.